The summed E-state index contributed by atoms with van der Waals surface area (Å²) in [6, 6.07) is 10.9. The van der Waals surface area contributed by atoms with E-state index in [-0.39, 0.29) is 31.3 Å². The zero-order valence-electron chi connectivity index (χ0n) is 21.2. The molecule has 1 N–H and O–H groups in total. The van der Waals surface area contributed by atoms with Gasteiger partial charge in [0.15, 0.2) is 17.3 Å². The maximum atomic E-state index is 13.8. The van der Waals surface area contributed by atoms with Crippen LogP contribution in [0.25, 0.3) is 0 Å². The number of esters is 1. The van der Waals surface area contributed by atoms with Crippen molar-refractivity contribution < 1.29 is 28.5 Å². The van der Waals surface area contributed by atoms with Gasteiger partial charge < -0.3 is 24.3 Å². The van der Waals surface area contributed by atoms with Gasteiger partial charge in [-0.05, 0) is 54.7 Å². The molecule has 1 heterocycles. The van der Waals surface area contributed by atoms with Crippen LogP contribution in [0.15, 0.2) is 58.9 Å². The van der Waals surface area contributed by atoms with E-state index in [0.29, 0.717) is 50.4 Å². The van der Waals surface area contributed by atoms with Gasteiger partial charge in [-0.1, -0.05) is 35.3 Å². The van der Waals surface area contributed by atoms with E-state index in [9.17, 15) is 9.59 Å². The van der Waals surface area contributed by atoms with E-state index < -0.39 is 11.9 Å². The standard InChI is InChI=1S/C28H29Cl2NO6/c1-15-25(28(33)37-10-9-34-2)26(17-5-7-19(29)20(30)11-17)27-21(31-15)12-18(13-22(27)32)16-6-8-23(35-3)24(14-16)36-4/h5-8,11,14,18,26,31H,9-10,12-13H2,1-4H3/t18-,26-/m0/s1. The molecule has 0 saturated carbocycles. The quantitative estimate of drug-likeness (QED) is 0.343. The molecule has 0 saturated heterocycles. The lowest BCUT2D eigenvalue weighted by Gasteiger charge is -2.37. The molecule has 0 aromatic heterocycles. The Morgan fingerprint density at radius 3 is 2.35 bits per heavy atom. The molecule has 9 heteroatoms. The lowest BCUT2D eigenvalue weighted by Crippen LogP contribution is -2.36. The molecule has 0 amide bonds. The largest absolute Gasteiger partial charge is 0.493 e. The Kier molecular flexibility index (Phi) is 8.47. The molecule has 0 spiro atoms. The van der Waals surface area contributed by atoms with Gasteiger partial charge in [0.2, 0.25) is 0 Å². The molecule has 2 aromatic carbocycles. The van der Waals surface area contributed by atoms with Crippen LogP contribution in [0.3, 0.4) is 0 Å². The highest BCUT2D eigenvalue weighted by atomic mass is 35.5. The van der Waals surface area contributed by atoms with Gasteiger partial charge in [-0.25, -0.2) is 4.79 Å². The number of rotatable bonds is 8. The average molecular weight is 546 g/mol. The van der Waals surface area contributed by atoms with Crippen molar-refractivity contribution in [2.24, 2.45) is 0 Å². The molecule has 4 rings (SSSR count). The molecule has 1 aliphatic carbocycles. The molecule has 2 aromatic rings. The second kappa shape index (κ2) is 11.6. The van der Waals surface area contributed by atoms with Crippen molar-refractivity contribution in [2.45, 2.75) is 31.6 Å². The molecular weight excluding hydrogens is 517 g/mol. The number of carbonyl (C=O) groups excluding carboxylic acids is 2. The van der Waals surface area contributed by atoms with Crippen LogP contribution in [0.1, 0.15) is 42.7 Å². The molecule has 7 nitrogen and oxygen atoms in total. The van der Waals surface area contributed by atoms with Crippen molar-refractivity contribution in [3.8, 4) is 11.5 Å². The van der Waals surface area contributed by atoms with E-state index in [4.69, 9.17) is 42.1 Å². The van der Waals surface area contributed by atoms with Gasteiger partial charge in [0.05, 0.1) is 36.4 Å². The zero-order valence-corrected chi connectivity index (χ0v) is 22.7. The molecule has 2 atom stereocenters. The zero-order chi connectivity index (χ0) is 26.7. The van der Waals surface area contributed by atoms with Gasteiger partial charge in [0.25, 0.3) is 0 Å². The van der Waals surface area contributed by atoms with Crippen LogP contribution >= 0.6 is 23.2 Å². The van der Waals surface area contributed by atoms with Gasteiger partial charge in [-0.15, -0.1) is 0 Å². The normalized spacial score (nSPS) is 19.4. The first-order chi connectivity index (χ1) is 17.8. The summed E-state index contributed by atoms with van der Waals surface area (Å²) in [5.74, 6) is -0.0523. The number of Topliss-reactive ketones (excluding diaryl/α,β-unsaturated/α-hetero) is 1. The molecule has 1 aliphatic heterocycles. The number of ketones is 1. The monoisotopic (exact) mass is 545 g/mol. The van der Waals surface area contributed by atoms with Crippen molar-refractivity contribution in [1.82, 2.24) is 5.32 Å². The summed E-state index contributed by atoms with van der Waals surface area (Å²) in [5, 5.41) is 4.07. The van der Waals surface area contributed by atoms with E-state index in [1.807, 2.05) is 25.1 Å². The number of nitrogens with one attached hydrogen (secondary N) is 1. The van der Waals surface area contributed by atoms with Crippen molar-refractivity contribution in [3.63, 3.8) is 0 Å². The Morgan fingerprint density at radius 2 is 1.68 bits per heavy atom. The highest BCUT2D eigenvalue weighted by Gasteiger charge is 2.41. The summed E-state index contributed by atoms with van der Waals surface area (Å²) in [7, 11) is 4.70. The SMILES string of the molecule is COCCOC(=O)C1=C(C)NC2=C(C(=O)C[C@@H](c3ccc(OC)c(OC)c3)C2)[C@H]1c1ccc(Cl)c(Cl)c1. The van der Waals surface area contributed by atoms with Crippen LogP contribution in [-0.2, 0) is 19.1 Å². The predicted molar refractivity (Wildman–Crippen MR) is 141 cm³/mol. The number of halogens is 2. The fourth-order valence-corrected chi connectivity index (χ4v) is 5.28. The van der Waals surface area contributed by atoms with Crippen molar-refractivity contribution in [1.29, 1.82) is 0 Å². The van der Waals surface area contributed by atoms with Crippen LogP contribution in [0.4, 0.5) is 0 Å². The first-order valence-electron chi connectivity index (χ1n) is 11.9. The number of ether oxygens (including phenoxy) is 4. The summed E-state index contributed by atoms with van der Waals surface area (Å²) in [6.45, 7) is 2.18. The molecular formula is C28H29Cl2NO6. The number of benzene rings is 2. The van der Waals surface area contributed by atoms with Crippen LogP contribution in [0.5, 0.6) is 11.5 Å². The summed E-state index contributed by atoms with van der Waals surface area (Å²) in [4.78, 5) is 27.0. The van der Waals surface area contributed by atoms with Gasteiger partial charge >= 0.3 is 5.97 Å². The second-order valence-corrected chi connectivity index (χ2v) is 9.75. The van der Waals surface area contributed by atoms with Crippen LogP contribution < -0.4 is 14.8 Å². The summed E-state index contributed by atoms with van der Waals surface area (Å²) in [6.07, 6.45) is 0.858. The number of allylic oxidation sites excluding steroid dienone is 3. The van der Waals surface area contributed by atoms with E-state index >= 15 is 0 Å². The van der Waals surface area contributed by atoms with E-state index in [1.165, 1.54) is 7.11 Å². The lowest BCUT2D eigenvalue weighted by atomic mass is 9.71. The van der Waals surface area contributed by atoms with Crippen LogP contribution in [0.2, 0.25) is 10.0 Å². The van der Waals surface area contributed by atoms with Crippen LogP contribution in [0, 0.1) is 0 Å². The van der Waals surface area contributed by atoms with Crippen molar-refractivity contribution in [3.05, 3.63) is 80.1 Å². The minimum atomic E-state index is -0.639. The van der Waals surface area contributed by atoms with E-state index in [0.717, 1.165) is 11.3 Å². The summed E-state index contributed by atoms with van der Waals surface area (Å²) in [5.41, 5.74) is 3.97. The maximum Gasteiger partial charge on any atom is 0.336 e. The summed E-state index contributed by atoms with van der Waals surface area (Å²) >= 11 is 12.5. The van der Waals surface area contributed by atoms with E-state index in [2.05, 4.69) is 5.32 Å². The van der Waals surface area contributed by atoms with Gasteiger partial charge in [0.1, 0.15) is 6.61 Å². The topological polar surface area (TPSA) is 83.1 Å². The minimum Gasteiger partial charge on any atom is -0.493 e. The Morgan fingerprint density at radius 1 is 0.946 bits per heavy atom. The molecule has 0 fully saturated rings. The molecule has 0 bridgehead atoms. The van der Waals surface area contributed by atoms with Crippen LogP contribution in [-0.4, -0.2) is 46.3 Å². The third-order valence-electron chi connectivity index (χ3n) is 6.72. The fourth-order valence-electron chi connectivity index (χ4n) is 4.97. The predicted octanol–water partition coefficient (Wildman–Crippen LogP) is 5.56. The highest BCUT2D eigenvalue weighted by molar-refractivity contribution is 6.42. The minimum absolute atomic E-state index is 0.0562. The third kappa shape index (κ3) is 5.49. The highest BCUT2D eigenvalue weighted by Crippen LogP contribution is 2.47. The Balaban J connectivity index is 1.75. The molecule has 0 radical (unpaired) electrons. The van der Waals surface area contributed by atoms with Gasteiger partial charge in [-0.3, -0.25) is 4.79 Å². The molecule has 2 aliphatic rings. The molecule has 196 valence electrons. The lowest BCUT2D eigenvalue weighted by molar-refractivity contribution is -0.140. The number of hydrogen-bond acceptors (Lipinski definition) is 7. The third-order valence-corrected chi connectivity index (χ3v) is 7.46. The first kappa shape index (κ1) is 27.0. The van der Waals surface area contributed by atoms with E-state index in [1.54, 1.807) is 32.4 Å². The Bertz CT molecular complexity index is 1290. The Hall–Kier alpha value is -3.00. The Labute approximate surface area is 226 Å². The summed E-state index contributed by atoms with van der Waals surface area (Å²) < 4.78 is 21.3. The molecule has 0 unspecified atom stereocenters. The number of methoxy groups -OCH3 is 3. The maximum absolute atomic E-state index is 13.8. The number of dihydropyridines is 1. The van der Waals surface area contributed by atoms with Crippen molar-refractivity contribution >= 4 is 35.0 Å². The fraction of sp³-hybridized carbons (Fsp3) is 0.357. The first-order valence-corrected chi connectivity index (χ1v) is 12.6. The van der Waals surface area contributed by atoms with Gasteiger partial charge in [0, 0.05) is 36.4 Å². The van der Waals surface area contributed by atoms with Crippen molar-refractivity contribution in [2.75, 3.05) is 34.5 Å². The molecule has 37 heavy (non-hydrogen) atoms. The smallest absolute Gasteiger partial charge is 0.336 e. The second-order valence-electron chi connectivity index (χ2n) is 8.93. The average Bonchev–Trinajstić information content (AvgIpc) is 2.88. The number of hydrogen-bond donors (Lipinski definition) is 1. The number of carbonyl (C=O) groups is 2. The van der Waals surface area contributed by atoms with Gasteiger partial charge in [-0.2, -0.15) is 0 Å².